The van der Waals surface area contributed by atoms with E-state index >= 15 is 0 Å². The van der Waals surface area contributed by atoms with Gasteiger partial charge in [0.2, 0.25) is 0 Å². The van der Waals surface area contributed by atoms with Crippen molar-refractivity contribution in [2.24, 2.45) is 5.73 Å². The molecule has 0 aliphatic rings. The van der Waals surface area contributed by atoms with Gasteiger partial charge in [-0.15, -0.1) is 23.7 Å². The second-order valence-electron chi connectivity index (χ2n) is 5.78. The summed E-state index contributed by atoms with van der Waals surface area (Å²) in [6.45, 7) is 4.30. The van der Waals surface area contributed by atoms with Gasteiger partial charge in [0.05, 0.1) is 21.3 Å². The SMILES string of the molecule is Cc1nn(-c2ccccc2Cl)c2sc(C(=O)N(C)C(C)CN)cc12.Cl. The Morgan fingerprint density at radius 1 is 1.44 bits per heavy atom. The summed E-state index contributed by atoms with van der Waals surface area (Å²) < 4.78 is 1.81. The van der Waals surface area contributed by atoms with Crippen LogP contribution in [0.5, 0.6) is 0 Å². The second kappa shape index (κ2) is 7.74. The number of amides is 1. The van der Waals surface area contributed by atoms with E-state index in [0.29, 0.717) is 16.4 Å². The van der Waals surface area contributed by atoms with Gasteiger partial charge >= 0.3 is 0 Å². The largest absolute Gasteiger partial charge is 0.337 e. The Balaban J connectivity index is 0.00000225. The molecule has 0 saturated carbocycles. The molecule has 0 radical (unpaired) electrons. The summed E-state index contributed by atoms with van der Waals surface area (Å²) in [6, 6.07) is 9.43. The number of likely N-dealkylation sites (N-methyl/N-ethyl adjacent to an activating group) is 1. The highest BCUT2D eigenvalue weighted by atomic mass is 35.5. The zero-order valence-electron chi connectivity index (χ0n) is 14.2. The van der Waals surface area contributed by atoms with E-state index in [9.17, 15) is 4.79 Å². The third kappa shape index (κ3) is 3.53. The predicted octanol–water partition coefficient (Wildman–Crippen LogP) is 3.89. The first-order valence-corrected chi connectivity index (χ1v) is 8.84. The molecule has 1 amide bonds. The Morgan fingerprint density at radius 3 is 2.76 bits per heavy atom. The second-order valence-corrected chi connectivity index (χ2v) is 7.22. The van der Waals surface area contributed by atoms with Gasteiger partial charge in [-0.25, -0.2) is 4.68 Å². The minimum atomic E-state index is -0.0285. The monoisotopic (exact) mass is 398 g/mol. The molecule has 0 fully saturated rings. The van der Waals surface area contributed by atoms with Crippen molar-refractivity contribution in [3.05, 3.63) is 45.9 Å². The highest BCUT2D eigenvalue weighted by molar-refractivity contribution is 7.20. The molecule has 8 heteroatoms. The molecule has 2 aromatic heterocycles. The van der Waals surface area contributed by atoms with Crippen LogP contribution in [0.1, 0.15) is 22.3 Å². The van der Waals surface area contributed by atoms with Crippen LogP contribution in [0, 0.1) is 6.92 Å². The molecule has 1 aromatic carbocycles. The van der Waals surface area contributed by atoms with Gasteiger partial charge in [0.25, 0.3) is 5.91 Å². The molecule has 0 spiro atoms. The Bertz CT molecular complexity index is 905. The van der Waals surface area contributed by atoms with Crippen molar-refractivity contribution in [3.8, 4) is 5.69 Å². The fraction of sp³-hybridized carbons (Fsp3) is 0.294. The number of thiophene rings is 1. The van der Waals surface area contributed by atoms with Crippen molar-refractivity contribution in [1.29, 1.82) is 0 Å². The number of rotatable bonds is 4. The predicted molar refractivity (Wildman–Crippen MR) is 107 cm³/mol. The molecule has 3 aromatic rings. The molecule has 0 aliphatic heterocycles. The number of aryl methyl sites for hydroxylation is 1. The first-order chi connectivity index (χ1) is 11.4. The number of fused-ring (bicyclic) bond motifs is 1. The average molecular weight is 399 g/mol. The molecule has 134 valence electrons. The normalized spacial score (nSPS) is 12.0. The van der Waals surface area contributed by atoms with Gasteiger partial charge in [-0.2, -0.15) is 5.10 Å². The molecule has 2 N–H and O–H groups in total. The molecule has 2 heterocycles. The Morgan fingerprint density at radius 2 is 2.12 bits per heavy atom. The van der Waals surface area contributed by atoms with Crippen molar-refractivity contribution < 1.29 is 4.79 Å². The van der Waals surface area contributed by atoms with Crippen LogP contribution in [0.15, 0.2) is 30.3 Å². The fourth-order valence-electron chi connectivity index (χ4n) is 2.47. The summed E-state index contributed by atoms with van der Waals surface area (Å²) >= 11 is 7.73. The van der Waals surface area contributed by atoms with Crippen LogP contribution in [0.2, 0.25) is 5.02 Å². The lowest BCUT2D eigenvalue weighted by atomic mass is 10.2. The molecule has 1 unspecified atom stereocenters. The maximum Gasteiger partial charge on any atom is 0.264 e. The van der Waals surface area contributed by atoms with E-state index in [1.54, 1.807) is 16.6 Å². The van der Waals surface area contributed by atoms with Crippen LogP contribution in [0.3, 0.4) is 0 Å². The van der Waals surface area contributed by atoms with Gasteiger partial charge in [0.15, 0.2) is 0 Å². The van der Waals surface area contributed by atoms with E-state index in [1.807, 2.05) is 44.2 Å². The third-order valence-corrected chi connectivity index (χ3v) is 5.58. The topological polar surface area (TPSA) is 64.2 Å². The van der Waals surface area contributed by atoms with Crippen LogP contribution in [0.25, 0.3) is 15.9 Å². The van der Waals surface area contributed by atoms with Crippen LogP contribution in [-0.4, -0.2) is 40.2 Å². The van der Waals surface area contributed by atoms with E-state index in [2.05, 4.69) is 5.10 Å². The molecule has 1 atom stereocenters. The molecular formula is C17H20Cl2N4OS. The summed E-state index contributed by atoms with van der Waals surface area (Å²) in [5, 5.41) is 6.17. The third-order valence-electron chi connectivity index (χ3n) is 4.16. The van der Waals surface area contributed by atoms with E-state index in [1.165, 1.54) is 11.3 Å². The number of carbonyl (C=O) groups excluding carboxylic acids is 1. The number of para-hydroxylation sites is 1. The molecule has 3 rings (SSSR count). The standard InChI is InChI=1S/C17H19ClN4OS.ClH/c1-10(9-19)21(3)16(23)15-8-12-11(2)20-22(17(12)24-15)14-7-5-4-6-13(14)18;/h4-8,10H,9,19H2,1-3H3;1H. The Labute approximate surface area is 161 Å². The number of benzene rings is 1. The first-order valence-electron chi connectivity index (χ1n) is 7.65. The van der Waals surface area contributed by atoms with E-state index in [-0.39, 0.29) is 24.4 Å². The van der Waals surface area contributed by atoms with Crippen molar-refractivity contribution in [2.45, 2.75) is 19.9 Å². The number of halogens is 2. The van der Waals surface area contributed by atoms with Gasteiger partial charge in [-0.05, 0) is 32.0 Å². The fourth-order valence-corrected chi connectivity index (χ4v) is 3.85. The summed E-state index contributed by atoms with van der Waals surface area (Å²) in [5.74, 6) is -0.0285. The maximum absolute atomic E-state index is 12.7. The van der Waals surface area contributed by atoms with Gasteiger partial charge in [-0.1, -0.05) is 23.7 Å². The highest BCUT2D eigenvalue weighted by Gasteiger charge is 2.22. The van der Waals surface area contributed by atoms with E-state index in [0.717, 1.165) is 21.6 Å². The smallest absolute Gasteiger partial charge is 0.264 e. The van der Waals surface area contributed by atoms with Gasteiger partial charge in [0.1, 0.15) is 4.83 Å². The van der Waals surface area contributed by atoms with Gasteiger partial charge in [0, 0.05) is 25.0 Å². The minimum Gasteiger partial charge on any atom is -0.337 e. The van der Waals surface area contributed by atoms with E-state index in [4.69, 9.17) is 17.3 Å². The molecule has 0 bridgehead atoms. The number of nitrogens with two attached hydrogens (primary N) is 1. The van der Waals surface area contributed by atoms with Crippen LogP contribution < -0.4 is 5.73 Å². The first kappa shape index (κ1) is 19.7. The summed E-state index contributed by atoms with van der Waals surface area (Å²) in [7, 11) is 1.78. The van der Waals surface area contributed by atoms with Crippen molar-refractivity contribution in [2.75, 3.05) is 13.6 Å². The number of nitrogens with zero attached hydrogens (tertiary/aromatic N) is 3. The molecular weight excluding hydrogens is 379 g/mol. The Kier molecular flexibility index (Phi) is 6.11. The summed E-state index contributed by atoms with van der Waals surface area (Å²) in [6.07, 6.45) is 0. The Hall–Kier alpha value is -1.60. The molecule has 5 nitrogen and oxygen atoms in total. The quantitative estimate of drug-likeness (QED) is 0.724. The molecule has 0 aliphatic carbocycles. The lowest BCUT2D eigenvalue weighted by Gasteiger charge is -2.22. The zero-order chi connectivity index (χ0) is 17.4. The zero-order valence-corrected chi connectivity index (χ0v) is 16.6. The van der Waals surface area contributed by atoms with Crippen LogP contribution in [0.4, 0.5) is 0 Å². The number of hydrogen-bond donors (Lipinski definition) is 1. The van der Waals surface area contributed by atoms with E-state index < -0.39 is 0 Å². The molecule has 25 heavy (non-hydrogen) atoms. The average Bonchev–Trinajstić information content (AvgIpc) is 3.14. The maximum atomic E-state index is 12.7. The van der Waals surface area contributed by atoms with Crippen molar-refractivity contribution in [3.63, 3.8) is 0 Å². The number of carbonyl (C=O) groups is 1. The van der Waals surface area contributed by atoms with Crippen molar-refractivity contribution in [1.82, 2.24) is 14.7 Å². The highest BCUT2D eigenvalue weighted by Crippen LogP contribution is 2.32. The lowest BCUT2D eigenvalue weighted by Crippen LogP contribution is -2.39. The summed E-state index contributed by atoms with van der Waals surface area (Å²) in [5.41, 5.74) is 7.34. The van der Waals surface area contributed by atoms with Crippen LogP contribution in [-0.2, 0) is 0 Å². The lowest BCUT2D eigenvalue weighted by molar-refractivity contribution is 0.0753. The van der Waals surface area contributed by atoms with Crippen molar-refractivity contribution >= 4 is 51.5 Å². The summed E-state index contributed by atoms with van der Waals surface area (Å²) in [4.78, 5) is 15.9. The number of aromatic nitrogens is 2. The van der Waals surface area contributed by atoms with Crippen LogP contribution >= 0.6 is 35.3 Å². The minimum absolute atomic E-state index is 0. The van der Waals surface area contributed by atoms with Gasteiger partial charge in [-0.3, -0.25) is 4.79 Å². The molecule has 0 saturated heterocycles. The van der Waals surface area contributed by atoms with Gasteiger partial charge < -0.3 is 10.6 Å². The number of hydrogen-bond acceptors (Lipinski definition) is 4.